The van der Waals surface area contributed by atoms with E-state index in [9.17, 15) is 9.18 Å². The second-order valence-electron chi connectivity index (χ2n) is 20.2. The van der Waals surface area contributed by atoms with Crippen LogP contribution >= 0.6 is 0 Å². The lowest BCUT2D eigenvalue weighted by atomic mass is 9.95. The number of benzene rings is 2. The molecule has 7 heterocycles. The monoisotopic (exact) mass is 866 g/mol. The summed E-state index contributed by atoms with van der Waals surface area (Å²) < 4.78 is 51.8. The Morgan fingerprint density at radius 3 is 2.50 bits per heavy atom. The smallest absolute Gasteiger partial charge is 0.410 e. The van der Waals surface area contributed by atoms with Crippen molar-refractivity contribution in [3.63, 3.8) is 0 Å². The van der Waals surface area contributed by atoms with Gasteiger partial charge in [0.25, 0.3) is 5.56 Å². The normalized spacial score (nSPS) is 24.7. The molecule has 330 valence electrons. The molecule has 0 aliphatic carbocycles. The Morgan fingerprint density at radius 2 is 1.77 bits per heavy atom. The molecule has 62 heavy (non-hydrogen) atoms. The molecule has 14 heteroatoms. The number of aromatic nitrogens is 3. The van der Waals surface area contributed by atoms with Gasteiger partial charge in [-0.2, -0.15) is 9.97 Å². The molecule has 5 aliphatic heterocycles. The molecular formula is C48H60F2N6O5Si. The molecule has 0 unspecified atom stereocenters. The number of ether oxygens (including phenoxy) is 3. The predicted molar refractivity (Wildman–Crippen MR) is 241 cm³/mol. The Labute approximate surface area is 364 Å². The fourth-order valence-electron chi connectivity index (χ4n) is 11.9. The van der Waals surface area contributed by atoms with Crippen molar-refractivity contribution < 1.29 is 27.8 Å². The average molecular weight is 867 g/mol. The number of amides is 1. The second kappa shape index (κ2) is 15.5. The fourth-order valence-corrected chi connectivity index (χ4v) is 17.1. The predicted octanol–water partition coefficient (Wildman–Crippen LogP) is 8.95. The summed E-state index contributed by atoms with van der Waals surface area (Å²) in [6, 6.07) is 8.05. The van der Waals surface area contributed by atoms with Crippen LogP contribution in [0.25, 0.3) is 27.4 Å². The number of fused-ring (bicyclic) bond motifs is 7. The SMILES string of the molecule is CC(C)[Si](C#Cc1c(F)ccc2cccc(-n3cc4c5c(nc(OC[C@@]67CCCN6C[C@H](F)C7)nc5c3=O)N3C[C@H]5CC[C@@H]([C@H]3CO4)N5C(=O)OC(C)(C)C)c12)(C(C)C)C(C)C. The molecule has 9 rings (SSSR count). The van der Waals surface area contributed by atoms with E-state index in [0.29, 0.717) is 64.2 Å². The summed E-state index contributed by atoms with van der Waals surface area (Å²) in [4.78, 5) is 45.0. The molecule has 0 saturated carbocycles. The molecule has 5 aliphatic rings. The van der Waals surface area contributed by atoms with E-state index >= 15 is 9.18 Å². The summed E-state index contributed by atoms with van der Waals surface area (Å²) in [6.45, 7) is 21.0. The number of piperazine rings is 1. The minimum absolute atomic E-state index is 0.0206. The molecule has 2 aromatic carbocycles. The van der Waals surface area contributed by atoms with E-state index in [0.717, 1.165) is 37.6 Å². The minimum atomic E-state index is -2.27. The van der Waals surface area contributed by atoms with Crippen molar-refractivity contribution in [3.8, 4) is 28.9 Å². The average Bonchev–Trinajstić information content (AvgIpc) is 3.81. The number of hydrogen-bond acceptors (Lipinski definition) is 9. The lowest BCUT2D eigenvalue weighted by Crippen LogP contribution is -2.63. The molecule has 2 bridgehead atoms. The summed E-state index contributed by atoms with van der Waals surface area (Å²) in [7, 11) is -2.27. The summed E-state index contributed by atoms with van der Waals surface area (Å²) in [5.74, 6) is 3.81. The Balaban J connectivity index is 1.21. The zero-order valence-electron chi connectivity index (χ0n) is 37.6. The molecule has 11 nitrogen and oxygen atoms in total. The van der Waals surface area contributed by atoms with Crippen LogP contribution < -0.4 is 19.9 Å². The fraction of sp³-hybridized carbons (Fsp3) is 0.583. The maximum atomic E-state index is 16.3. The van der Waals surface area contributed by atoms with Crippen molar-refractivity contribution in [3.05, 3.63) is 58.3 Å². The van der Waals surface area contributed by atoms with Crippen LogP contribution in [0.1, 0.15) is 100.0 Å². The molecule has 4 fully saturated rings. The summed E-state index contributed by atoms with van der Waals surface area (Å²) >= 11 is 0. The molecule has 1 amide bonds. The number of hydrogen-bond donors (Lipinski definition) is 0. The third-order valence-electron chi connectivity index (χ3n) is 14.6. The van der Waals surface area contributed by atoms with Crippen molar-refractivity contribution in [1.29, 1.82) is 0 Å². The maximum Gasteiger partial charge on any atom is 0.410 e. The van der Waals surface area contributed by atoms with Gasteiger partial charge in [-0.15, -0.1) is 5.54 Å². The molecule has 4 saturated heterocycles. The van der Waals surface area contributed by atoms with Gasteiger partial charge in [0.2, 0.25) is 0 Å². The van der Waals surface area contributed by atoms with Crippen molar-refractivity contribution in [1.82, 2.24) is 24.3 Å². The van der Waals surface area contributed by atoms with Crippen LogP contribution in [0.5, 0.6) is 11.8 Å². The highest BCUT2D eigenvalue weighted by Gasteiger charge is 2.53. The van der Waals surface area contributed by atoms with E-state index in [1.807, 2.05) is 43.9 Å². The first-order valence-electron chi connectivity index (χ1n) is 22.6. The van der Waals surface area contributed by atoms with Gasteiger partial charge >= 0.3 is 12.1 Å². The van der Waals surface area contributed by atoms with E-state index < -0.39 is 36.8 Å². The van der Waals surface area contributed by atoms with Crippen molar-refractivity contribution >= 4 is 41.7 Å². The number of halogens is 2. The van der Waals surface area contributed by atoms with Crippen molar-refractivity contribution in [2.75, 3.05) is 37.7 Å². The standard InChI is InChI=1S/C48H60F2N6O5Si/c1-28(2)62(29(3)4,30(5)6)21-18-34-35(50)16-14-31-12-10-13-37(40(31)34)55-25-39-41-42(44(55)57)51-45(60-27-48-19-11-20-53(48)23-32(49)22-48)52-43(41)54-24-33-15-17-36(38(54)26-59-39)56(33)46(58)61-47(7,8)9/h10,12-14,16,25,28-30,32-33,36,38H,11,15,17,19-20,22-24,26-27H2,1-9H3/t32-,33-,36+,38-,48+/m1/s1. The van der Waals surface area contributed by atoms with Crippen LogP contribution in [0.4, 0.5) is 19.4 Å². The van der Waals surface area contributed by atoms with E-state index in [2.05, 4.69) is 62.8 Å². The number of carbonyl (C=O) groups is 1. The number of alkyl halides is 1. The minimum Gasteiger partial charge on any atom is -0.489 e. The lowest BCUT2D eigenvalue weighted by Gasteiger charge is -2.46. The van der Waals surface area contributed by atoms with Crippen LogP contribution in [-0.4, -0.2) is 107 Å². The lowest BCUT2D eigenvalue weighted by molar-refractivity contribution is 0.00544. The quantitative estimate of drug-likeness (QED) is 0.133. The van der Waals surface area contributed by atoms with Gasteiger partial charge < -0.3 is 19.1 Å². The van der Waals surface area contributed by atoms with Gasteiger partial charge in [0.05, 0.1) is 46.5 Å². The number of nitrogens with zero attached hydrogens (tertiary/aromatic N) is 6. The van der Waals surface area contributed by atoms with Crippen LogP contribution in [0.15, 0.2) is 41.3 Å². The van der Waals surface area contributed by atoms with E-state index in [1.54, 1.807) is 12.3 Å². The van der Waals surface area contributed by atoms with Gasteiger partial charge in [-0.25, -0.2) is 13.6 Å². The highest BCUT2D eigenvalue weighted by Crippen LogP contribution is 2.46. The van der Waals surface area contributed by atoms with Crippen LogP contribution in [0.2, 0.25) is 16.6 Å². The van der Waals surface area contributed by atoms with E-state index in [4.69, 9.17) is 24.2 Å². The second-order valence-corrected chi connectivity index (χ2v) is 25.8. The van der Waals surface area contributed by atoms with Crippen molar-refractivity contribution in [2.45, 2.75) is 146 Å². The van der Waals surface area contributed by atoms with Gasteiger partial charge in [-0.1, -0.05) is 65.7 Å². The summed E-state index contributed by atoms with van der Waals surface area (Å²) in [5, 5.41) is 1.71. The van der Waals surface area contributed by atoms with Crippen LogP contribution in [0, 0.1) is 17.3 Å². The highest BCUT2D eigenvalue weighted by atomic mass is 28.3. The molecule has 0 radical (unpaired) electrons. The molecular weight excluding hydrogens is 807 g/mol. The zero-order valence-corrected chi connectivity index (χ0v) is 38.6. The third kappa shape index (κ3) is 6.93. The molecule has 0 spiro atoms. The summed E-state index contributed by atoms with van der Waals surface area (Å²) in [5.41, 5.74) is 3.92. The van der Waals surface area contributed by atoms with E-state index in [-0.39, 0.29) is 54.5 Å². The highest BCUT2D eigenvalue weighted by molar-refractivity contribution is 6.90. The van der Waals surface area contributed by atoms with Gasteiger partial charge in [0, 0.05) is 24.9 Å². The molecule has 2 aromatic heterocycles. The Morgan fingerprint density at radius 1 is 1.02 bits per heavy atom. The topological polar surface area (TPSA) is 102 Å². The summed E-state index contributed by atoms with van der Waals surface area (Å²) in [6.07, 6.45) is 4.02. The number of anilines is 1. The van der Waals surface area contributed by atoms with Gasteiger partial charge in [-0.05, 0) is 87.1 Å². The first-order chi connectivity index (χ1) is 29.4. The Kier molecular flexibility index (Phi) is 10.6. The van der Waals surface area contributed by atoms with Crippen LogP contribution in [0.3, 0.4) is 0 Å². The van der Waals surface area contributed by atoms with Crippen LogP contribution in [-0.2, 0) is 4.74 Å². The first-order valence-corrected chi connectivity index (χ1v) is 24.8. The third-order valence-corrected chi connectivity index (χ3v) is 20.9. The molecule has 5 atom stereocenters. The van der Waals surface area contributed by atoms with Gasteiger partial charge in [-0.3, -0.25) is 19.2 Å². The zero-order chi connectivity index (χ0) is 44.0. The van der Waals surface area contributed by atoms with Gasteiger partial charge in [0.15, 0.2) is 0 Å². The first kappa shape index (κ1) is 42.6. The Bertz CT molecular complexity index is 2540. The largest absolute Gasteiger partial charge is 0.489 e. The number of rotatable bonds is 7. The number of pyridine rings is 1. The number of carbonyl (C=O) groups excluding carboxylic acids is 1. The Hall–Kier alpha value is -4.74. The molecule has 4 aromatic rings. The van der Waals surface area contributed by atoms with Gasteiger partial charge in [0.1, 0.15) is 56.0 Å². The van der Waals surface area contributed by atoms with E-state index in [1.165, 1.54) is 10.6 Å². The molecule has 0 N–H and O–H groups in total. The maximum absolute atomic E-state index is 16.3. The van der Waals surface area contributed by atoms with Crippen molar-refractivity contribution in [2.24, 2.45) is 0 Å².